The third kappa shape index (κ3) is 3.56. The molecule has 0 bridgehead atoms. The van der Waals surface area contributed by atoms with Crippen LogP contribution >= 0.6 is 0 Å². The van der Waals surface area contributed by atoms with Crippen molar-refractivity contribution in [2.24, 2.45) is 5.10 Å². The molecule has 0 spiro atoms. The molecule has 1 aromatic rings. The van der Waals surface area contributed by atoms with Crippen molar-refractivity contribution in [2.75, 3.05) is 7.11 Å². The molecule has 0 aromatic heterocycles. The number of amides is 1. The maximum Gasteiger partial charge on any atom is 0.427 e. The van der Waals surface area contributed by atoms with Gasteiger partial charge in [-0.2, -0.15) is 5.10 Å². The first-order chi connectivity index (χ1) is 8.04. The molecule has 0 unspecified atom stereocenters. The number of nitro benzene ring substituents is 1. The minimum Gasteiger partial charge on any atom is -0.452 e. The molecule has 0 saturated heterocycles. The largest absolute Gasteiger partial charge is 0.452 e. The Morgan fingerprint density at radius 1 is 1.41 bits per heavy atom. The second-order valence-corrected chi connectivity index (χ2v) is 3.10. The quantitative estimate of drug-likeness (QED) is 0.491. The number of methoxy groups -OCH3 is 1. The number of rotatable bonds is 3. The van der Waals surface area contributed by atoms with E-state index in [0.717, 1.165) is 0 Å². The molecule has 0 radical (unpaired) electrons. The van der Waals surface area contributed by atoms with Crippen LogP contribution < -0.4 is 5.43 Å². The van der Waals surface area contributed by atoms with E-state index in [9.17, 15) is 14.9 Å². The number of nitro groups is 1. The van der Waals surface area contributed by atoms with E-state index in [1.807, 2.05) is 0 Å². The average Bonchev–Trinajstić information content (AvgIpc) is 2.35. The summed E-state index contributed by atoms with van der Waals surface area (Å²) in [5, 5.41) is 14.2. The summed E-state index contributed by atoms with van der Waals surface area (Å²) in [5.41, 5.74) is 3.36. The Balaban J connectivity index is 2.79. The molecule has 7 heteroatoms. The first-order valence-corrected chi connectivity index (χ1v) is 4.67. The zero-order valence-corrected chi connectivity index (χ0v) is 9.34. The molecule has 0 fully saturated rings. The van der Waals surface area contributed by atoms with E-state index in [-0.39, 0.29) is 5.69 Å². The first-order valence-electron chi connectivity index (χ1n) is 4.67. The van der Waals surface area contributed by atoms with Gasteiger partial charge in [0.15, 0.2) is 0 Å². The van der Waals surface area contributed by atoms with Crippen LogP contribution in [0.5, 0.6) is 0 Å². The van der Waals surface area contributed by atoms with E-state index in [0.29, 0.717) is 11.3 Å². The van der Waals surface area contributed by atoms with E-state index in [2.05, 4.69) is 15.3 Å². The van der Waals surface area contributed by atoms with Crippen molar-refractivity contribution in [3.8, 4) is 0 Å². The highest BCUT2D eigenvalue weighted by atomic mass is 16.6. The second kappa shape index (κ2) is 5.59. The molecule has 7 nitrogen and oxygen atoms in total. The van der Waals surface area contributed by atoms with E-state index in [1.165, 1.54) is 19.2 Å². The van der Waals surface area contributed by atoms with Crippen LogP contribution in [0.25, 0.3) is 0 Å². The zero-order chi connectivity index (χ0) is 12.8. The van der Waals surface area contributed by atoms with Crippen molar-refractivity contribution >= 4 is 17.5 Å². The highest BCUT2D eigenvalue weighted by molar-refractivity contribution is 5.99. The molecule has 0 aliphatic heterocycles. The summed E-state index contributed by atoms with van der Waals surface area (Å²) < 4.78 is 4.34. The van der Waals surface area contributed by atoms with Gasteiger partial charge in [-0.1, -0.05) is 0 Å². The fourth-order valence-electron chi connectivity index (χ4n) is 1.06. The summed E-state index contributed by atoms with van der Waals surface area (Å²) in [6.45, 7) is 1.66. The molecule has 1 aromatic carbocycles. The molecule has 1 rings (SSSR count). The van der Waals surface area contributed by atoms with Crippen LogP contribution in [-0.4, -0.2) is 23.8 Å². The van der Waals surface area contributed by atoms with Gasteiger partial charge in [0.05, 0.1) is 17.7 Å². The summed E-state index contributed by atoms with van der Waals surface area (Å²) in [6, 6.07) is 5.84. The van der Waals surface area contributed by atoms with Crippen molar-refractivity contribution < 1.29 is 14.5 Å². The summed E-state index contributed by atoms with van der Waals surface area (Å²) in [7, 11) is 1.23. The maximum atomic E-state index is 10.8. The van der Waals surface area contributed by atoms with E-state index in [4.69, 9.17) is 0 Å². The number of hydrogen-bond acceptors (Lipinski definition) is 5. The predicted molar refractivity (Wildman–Crippen MR) is 60.8 cm³/mol. The number of hydrogen-bond donors (Lipinski definition) is 1. The zero-order valence-electron chi connectivity index (χ0n) is 9.34. The summed E-state index contributed by atoms with van der Waals surface area (Å²) >= 11 is 0. The highest BCUT2D eigenvalue weighted by Gasteiger charge is 2.05. The predicted octanol–water partition coefficient (Wildman–Crippen LogP) is 1.67. The van der Waals surface area contributed by atoms with Crippen LogP contribution in [0, 0.1) is 10.1 Å². The third-order valence-electron chi connectivity index (χ3n) is 2.00. The lowest BCUT2D eigenvalue weighted by molar-refractivity contribution is -0.384. The van der Waals surface area contributed by atoms with Gasteiger partial charge < -0.3 is 4.74 Å². The number of ether oxygens (including phenoxy) is 1. The molecule has 0 heterocycles. The Hall–Kier alpha value is -2.44. The first kappa shape index (κ1) is 12.6. The second-order valence-electron chi connectivity index (χ2n) is 3.10. The van der Waals surface area contributed by atoms with Gasteiger partial charge >= 0.3 is 6.09 Å². The minimum atomic E-state index is -0.675. The molecule has 0 aliphatic rings. The summed E-state index contributed by atoms with van der Waals surface area (Å²) in [4.78, 5) is 20.7. The van der Waals surface area contributed by atoms with Crippen molar-refractivity contribution in [1.82, 2.24) is 5.43 Å². The van der Waals surface area contributed by atoms with Gasteiger partial charge in [-0.25, -0.2) is 10.2 Å². The Labute approximate surface area is 97.2 Å². The van der Waals surface area contributed by atoms with Crippen LogP contribution in [0.15, 0.2) is 29.4 Å². The lowest BCUT2D eigenvalue weighted by Crippen LogP contribution is -2.18. The van der Waals surface area contributed by atoms with Crippen molar-refractivity contribution in [3.63, 3.8) is 0 Å². The van der Waals surface area contributed by atoms with Gasteiger partial charge in [-0.05, 0) is 24.6 Å². The van der Waals surface area contributed by atoms with Crippen molar-refractivity contribution in [1.29, 1.82) is 0 Å². The van der Waals surface area contributed by atoms with Crippen LogP contribution in [0.3, 0.4) is 0 Å². The Bertz CT molecular complexity index is 453. The lowest BCUT2D eigenvalue weighted by Gasteiger charge is -2.01. The molecule has 0 atom stereocenters. The maximum absolute atomic E-state index is 10.8. The fraction of sp³-hybridized carbons (Fsp3) is 0.200. The van der Waals surface area contributed by atoms with Crippen molar-refractivity contribution in [3.05, 3.63) is 39.9 Å². The van der Waals surface area contributed by atoms with Crippen molar-refractivity contribution in [2.45, 2.75) is 6.92 Å². The van der Waals surface area contributed by atoms with Gasteiger partial charge in [-0.15, -0.1) is 0 Å². The summed E-state index contributed by atoms with van der Waals surface area (Å²) in [5.74, 6) is 0. The van der Waals surface area contributed by atoms with Crippen LogP contribution in [-0.2, 0) is 4.74 Å². The van der Waals surface area contributed by atoms with E-state index < -0.39 is 11.0 Å². The van der Waals surface area contributed by atoms with Gasteiger partial charge in [-0.3, -0.25) is 10.1 Å². The average molecular weight is 237 g/mol. The van der Waals surface area contributed by atoms with Crippen LogP contribution in [0.1, 0.15) is 12.5 Å². The number of non-ortho nitro benzene ring substituents is 1. The molecule has 90 valence electrons. The molecular weight excluding hydrogens is 226 g/mol. The number of benzene rings is 1. The number of hydrazone groups is 1. The van der Waals surface area contributed by atoms with Crippen LogP contribution in [0.2, 0.25) is 0 Å². The van der Waals surface area contributed by atoms with E-state index in [1.54, 1.807) is 19.1 Å². The number of nitrogens with one attached hydrogen (secondary N) is 1. The molecular formula is C10H11N3O4. The standard InChI is InChI=1S/C10H11N3O4/c1-7(11-12-10(14)17-2)8-3-5-9(6-4-8)13(15)16/h3-6H,1-2H3,(H,12,14). The molecule has 0 saturated carbocycles. The third-order valence-corrected chi connectivity index (χ3v) is 2.00. The Morgan fingerprint density at radius 3 is 2.47 bits per heavy atom. The number of carbonyl (C=O) groups is 1. The Morgan fingerprint density at radius 2 is 2.00 bits per heavy atom. The van der Waals surface area contributed by atoms with Gasteiger partial charge in [0, 0.05) is 12.1 Å². The summed E-state index contributed by atoms with van der Waals surface area (Å²) in [6.07, 6.45) is -0.675. The monoisotopic (exact) mass is 237 g/mol. The van der Waals surface area contributed by atoms with Gasteiger partial charge in [0.2, 0.25) is 0 Å². The molecule has 1 amide bonds. The number of carbonyl (C=O) groups excluding carboxylic acids is 1. The Kier molecular flexibility index (Phi) is 4.15. The smallest absolute Gasteiger partial charge is 0.427 e. The van der Waals surface area contributed by atoms with E-state index >= 15 is 0 Å². The minimum absolute atomic E-state index is 0.00229. The topological polar surface area (TPSA) is 93.8 Å². The number of nitrogens with zero attached hydrogens (tertiary/aromatic N) is 2. The van der Waals surface area contributed by atoms with Gasteiger partial charge in [0.25, 0.3) is 5.69 Å². The van der Waals surface area contributed by atoms with Crippen LogP contribution in [0.4, 0.5) is 10.5 Å². The molecule has 17 heavy (non-hydrogen) atoms. The fourth-order valence-corrected chi connectivity index (χ4v) is 1.06. The molecule has 0 aliphatic carbocycles. The SMILES string of the molecule is COC(=O)NN=C(C)c1ccc([N+](=O)[O-])cc1. The highest BCUT2D eigenvalue weighted by Crippen LogP contribution is 2.12. The molecule has 1 N–H and O–H groups in total. The van der Waals surface area contributed by atoms with Gasteiger partial charge in [0.1, 0.15) is 0 Å². The lowest BCUT2D eigenvalue weighted by atomic mass is 10.1. The normalized spacial score (nSPS) is 10.8.